The van der Waals surface area contributed by atoms with Gasteiger partial charge in [0.15, 0.2) is 5.13 Å². The Morgan fingerprint density at radius 1 is 1.53 bits per heavy atom. The summed E-state index contributed by atoms with van der Waals surface area (Å²) >= 11 is 1.47. The average Bonchev–Trinajstić information content (AvgIpc) is 2.46. The van der Waals surface area contributed by atoms with E-state index in [9.17, 15) is 4.79 Å². The van der Waals surface area contributed by atoms with Gasteiger partial charge in [0.05, 0.1) is 5.69 Å². The third-order valence-electron chi connectivity index (χ3n) is 1.82. The van der Waals surface area contributed by atoms with Crippen molar-refractivity contribution in [2.45, 2.75) is 27.2 Å². The number of hydrogen-bond acceptors (Lipinski definition) is 3. The smallest absolute Gasteiger partial charge is 0.315 e. The number of rotatable bonds is 3. The largest absolute Gasteiger partial charge is 0.324 e. The molecule has 2 amide bonds. The van der Waals surface area contributed by atoms with Crippen LogP contribution in [0.15, 0.2) is 12.3 Å². The molecule has 5 heteroatoms. The molecule has 0 aliphatic rings. The SMILES string of the molecule is CC/C=C/NC(=O)Nc1nc(C)c(C)s1. The summed E-state index contributed by atoms with van der Waals surface area (Å²) in [6.07, 6.45) is 4.40. The molecule has 0 aliphatic heterocycles. The van der Waals surface area contributed by atoms with Crippen LogP contribution in [-0.2, 0) is 0 Å². The van der Waals surface area contributed by atoms with Crippen molar-refractivity contribution in [2.75, 3.05) is 5.32 Å². The van der Waals surface area contributed by atoms with Crippen LogP contribution in [0, 0.1) is 13.8 Å². The summed E-state index contributed by atoms with van der Waals surface area (Å²) in [7, 11) is 0. The highest BCUT2D eigenvalue weighted by molar-refractivity contribution is 7.15. The lowest BCUT2D eigenvalue weighted by atomic mass is 10.4. The van der Waals surface area contributed by atoms with Crippen molar-refractivity contribution in [2.24, 2.45) is 0 Å². The van der Waals surface area contributed by atoms with E-state index in [1.165, 1.54) is 11.3 Å². The van der Waals surface area contributed by atoms with Crippen LogP contribution in [0.4, 0.5) is 9.93 Å². The highest BCUT2D eigenvalue weighted by Crippen LogP contribution is 2.20. The molecule has 15 heavy (non-hydrogen) atoms. The number of hydrogen-bond donors (Lipinski definition) is 2. The third kappa shape index (κ3) is 3.71. The first-order valence-electron chi connectivity index (χ1n) is 4.80. The van der Waals surface area contributed by atoms with Crippen molar-refractivity contribution in [3.05, 3.63) is 22.8 Å². The number of nitrogens with zero attached hydrogens (tertiary/aromatic N) is 1. The number of carbonyl (C=O) groups is 1. The van der Waals surface area contributed by atoms with Crippen molar-refractivity contribution >= 4 is 22.5 Å². The van der Waals surface area contributed by atoms with E-state index >= 15 is 0 Å². The predicted molar refractivity (Wildman–Crippen MR) is 63.2 cm³/mol. The Morgan fingerprint density at radius 2 is 2.27 bits per heavy atom. The molecule has 1 rings (SSSR count). The van der Waals surface area contributed by atoms with E-state index in [-0.39, 0.29) is 6.03 Å². The van der Waals surface area contributed by atoms with E-state index in [1.807, 2.05) is 26.8 Å². The Hall–Kier alpha value is -1.36. The summed E-state index contributed by atoms with van der Waals surface area (Å²) in [5, 5.41) is 5.90. The quantitative estimate of drug-likeness (QED) is 0.831. The number of aryl methyl sites for hydroxylation is 2. The van der Waals surface area contributed by atoms with Crippen LogP contribution in [-0.4, -0.2) is 11.0 Å². The van der Waals surface area contributed by atoms with E-state index < -0.39 is 0 Å². The van der Waals surface area contributed by atoms with E-state index in [0.29, 0.717) is 5.13 Å². The van der Waals surface area contributed by atoms with Crippen LogP contribution in [0.3, 0.4) is 0 Å². The second-order valence-electron chi connectivity index (χ2n) is 3.07. The molecule has 0 fully saturated rings. The summed E-state index contributed by atoms with van der Waals surface area (Å²) in [4.78, 5) is 16.6. The van der Waals surface area contributed by atoms with Crippen LogP contribution >= 0.6 is 11.3 Å². The van der Waals surface area contributed by atoms with Gasteiger partial charge in [-0.2, -0.15) is 0 Å². The molecule has 0 saturated heterocycles. The molecule has 0 aromatic carbocycles. The van der Waals surface area contributed by atoms with Crippen molar-refractivity contribution in [1.82, 2.24) is 10.3 Å². The second kappa shape index (κ2) is 5.50. The lowest BCUT2D eigenvalue weighted by molar-refractivity contribution is 0.255. The highest BCUT2D eigenvalue weighted by atomic mass is 32.1. The Kier molecular flexibility index (Phi) is 4.30. The Bertz CT molecular complexity index is 351. The summed E-state index contributed by atoms with van der Waals surface area (Å²) < 4.78 is 0. The van der Waals surface area contributed by atoms with Gasteiger partial charge in [0.25, 0.3) is 0 Å². The molecule has 82 valence electrons. The van der Waals surface area contributed by atoms with Crippen LogP contribution in [0.2, 0.25) is 0 Å². The van der Waals surface area contributed by atoms with Gasteiger partial charge in [-0.05, 0) is 20.3 Å². The topological polar surface area (TPSA) is 54.0 Å². The maximum Gasteiger partial charge on any atom is 0.324 e. The number of amides is 2. The fourth-order valence-electron chi connectivity index (χ4n) is 0.912. The lowest BCUT2D eigenvalue weighted by Gasteiger charge is -1.99. The molecular formula is C10H15N3OS. The van der Waals surface area contributed by atoms with Crippen LogP contribution in [0.1, 0.15) is 23.9 Å². The van der Waals surface area contributed by atoms with E-state index in [0.717, 1.165) is 17.0 Å². The Morgan fingerprint density at radius 3 is 2.80 bits per heavy atom. The zero-order chi connectivity index (χ0) is 11.3. The number of anilines is 1. The Labute approximate surface area is 93.4 Å². The summed E-state index contributed by atoms with van der Waals surface area (Å²) in [6.45, 7) is 5.91. The lowest BCUT2D eigenvalue weighted by Crippen LogP contribution is -2.23. The summed E-state index contributed by atoms with van der Waals surface area (Å²) in [5.74, 6) is 0. The Balaban J connectivity index is 2.48. The monoisotopic (exact) mass is 225 g/mol. The molecule has 1 aromatic rings. The molecule has 2 N–H and O–H groups in total. The number of nitrogens with one attached hydrogen (secondary N) is 2. The van der Waals surface area contributed by atoms with E-state index in [2.05, 4.69) is 15.6 Å². The zero-order valence-corrected chi connectivity index (χ0v) is 9.94. The summed E-state index contributed by atoms with van der Waals surface area (Å²) in [5.41, 5.74) is 0.958. The number of carbonyl (C=O) groups excluding carboxylic acids is 1. The molecule has 1 aromatic heterocycles. The van der Waals surface area contributed by atoms with Gasteiger partial charge in [-0.25, -0.2) is 9.78 Å². The van der Waals surface area contributed by atoms with Crippen LogP contribution in [0.5, 0.6) is 0 Å². The van der Waals surface area contributed by atoms with Gasteiger partial charge in [0.2, 0.25) is 0 Å². The molecule has 0 radical (unpaired) electrons. The zero-order valence-electron chi connectivity index (χ0n) is 9.13. The fourth-order valence-corrected chi connectivity index (χ4v) is 1.72. The molecule has 0 bridgehead atoms. The van der Waals surface area contributed by atoms with Gasteiger partial charge in [-0.1, -0.05) is 13.0 Å². The molecular weight excluding hydrogens is 210 g/mol. The van der Waals surface area contributed by atoms with Gasteiger partial charge in [0, 0.05) is 11.1 Å². The number of allylic oxidation sites excluding steroid dienone is 1. The number of aromatic nitrogens is 1. The minimum Gasteiger partial charge on any atom is -0.315 e. The molecule has 0 saturated carbocycles. The van der Waals surface area contributed by atoms with Gasteiger partial charge >= 0.3 is 6.03 Å². The highest BCUT2D eigenvalue weighted by Gasteiger charge is 2.05. The molecule has 0 unspecified atom stereocenters. The maximum absolute atomic E-state index is 11.3. The normalized spacial score (nSPS) is 10.6. The van der Waals surface area contributed by atoms with Gasteiger partial charge < -0.3 is 5.32 Å². The second-order valence-corrected chi connectivity index (χ2v) is 4.27. The van der Waals surface area contributed by atoms with Gasteiger partial charge in [-0.15, -0.1) is 11.3 Å². The third-order valence-corrected chi connectivity index (χ3v) is 2.81. The maximum atomic E-state index is 11.3. The van der Waals surface area contributed by atoms with Gasteiger partial charge in [-0.3, -0.25) is 5.32 Å². The van der Waals surface area contributed by atoms with Crippen molar-refractivity contribution in [1.29, 1.82) is 0 Å². The minimum absolute atomic E-state index is 0.256. The summed E-state index contributed by atoms with van der Waals surface area (Å²) in [6, 6.07) is -0.256. The van der Waals surface area contributed by atoms with Crippen molar-refractivity contribution in [3.8, 4) is 0 Å². The first kappa shape index (κ1) is 11.7. The van der Waals surface area contributed by atoms with Crippen LogP contribution < -0.4 is 10.6 Å². The number of urea groups is 1. The van der Waals surface area contributed by atoms with Gasteiger partial charge in [0.1, 0.15) is 0 Å². The molecule has 1 heterocycles. The standard InChI is InChI=1S/C10H15N3OS/c1-4-5-6-11-9(14)13-10-12-7(2)8(3)15-10/h5-6H,4H2,1-3H3,(H2,11,12,13,14)/b6-5+. The molecule has 0 atom stereocenters. The fraction of sp³-hybridized carbons (Fsp3) is 0.400. The first-order chi connectivity index (χ1) is 7.13. The van der Waals surface area contributed by atoms with E-state index in [1.54, 1.807) is 6.20 Å². The number of thiazole rings is 1. The average molecular weight is 225 g/mol. The molecule has 4 nitrogen and oxygen atoms in total. The first-order valence-corrected chi connectivity index (χ1v) is 5.61. The predicted octanol–water partition coefficient (Wildman–Crippen LogP) is 2.81. The minimum atomic E-state index is -0.256. The molecule has 0 aliphatic carbocycles. The van der Waals surface area contributed by atoms with E-state index in [4.69, 9.17) is 0 Å². The van der Waals surface area contributed by atoms with Crippen LogP contribution in [0.25, 0.3) is 0 Å². The van der Waals surface area contributed by atoms with Crippen molar-refractivity contribution in [3.63, 3.8) is 0 Å². The van der Waals surface area contributed by atoms with Crippen molar-refractivity contribution < 1.29 is 4.79 Å². The molecule has 0 spiro atoms.